The highest BCUT2D eigenvalue weighted by molar-refractivity contribution is 6.17. The fourth-order valence-electron chi connectivity index (χ4n) is 1.55. The van der Waals surface area contributed by atoms with E-state index >= 15 is 0 Å². The molecule has 0 aliphatic rings. The quantitative estimate of drug-likeness (QED) is 0.728. The van der Waals surface area contributed by atoms with Crippen molar-refractivity contribution in [3.63, 3.8) is 0 Å². The van der Waals surface area contributed by atoms with Crippen LogP contribution in [0.5, 0.6) is 0 Å². The van der Waals surface area contributed by atoms with Crippen LogP contribution in [0.1, 0.15) is 17.0 Å². The number of aryl methyl sites for hydroxylation is 1. The van der Waals surface area contributed by atoms with Crippen molar-refractivity contribution in [1.82, 2.24) is 9.38 Å². The van der Waals surface area contributed by atoms with Crippen LogP contribution in [0.4, 0.5) is 13.2 Å². The number of nitrogens with zero attached hydrogens (tertiary/aromatic N) is 2. The van der Waals surface area contributed by atoms with Gasteiger partial charge in [-0.1, -0.05) is 0 Å². The number of pyridine rings is 1. The zero-order valence-electron chi connectivity index (χ0n) is 8.75. The first-order valence-corrected chi connectivity index (χ1v) is 5.07. The molecule has 0 saturated carbocycles. The highest BCUT2D eigenvalue weighted by atomic mass is 35.5. The number of fused-ring (bicyclic) bond motifs is 1. The molecule has 0 saturated heterocycles. The van der Waals surface area contributed by atoms with Crippen molar-refractivity contribution in [2.45, 2.75) is 19.0 Å². The Balaban J connectivity index is 0.00000144. The van der Waals surface area contributed by atoms with Gasteiger partial charge in [0.1, 0.15) is 5.65 Å². The van der Waals surface area contributed by atoms with Crippen LogP contribution < -0.4 is 0 Å². The van der Waals surface area contributed by atoms with Crippen molar-refractivity contribution in [2.24, 2.45) is 0 Å². The SMILES string of the molecule is Cc1nc2cc(C(F)(F)F)ccn2c1CCl.Cl. The van der Waals surface area contributed by atoms with Crippen LogP contribution in [0.25, 0.3) is 5.65 Å². The third kappa shape index (κ3) is 2.50. The molecule has 94 valence electrons. The summed E-state index contributed by atoms with van der Waals surface area (Å²) in [7, 11) is 0. The monoisotopic (exact) mass is 284 g/mol. The van der Waals surface area contributed by atoms with Gasteiger partial charge in [0.15, 0.2) is 0 Å². The Morgan fingerprint density at radius 3 is 2.59 bits per heavy atom. The Bertz CT molecular complexity index is 534. The molecular formula is C10H9Cl2F3N2. The summed E-state index contributed by atoms with van der Waals surface area (Å²) in [5.41, 5.74) is 0.925. The van der Waals surface area contributed by atoms with Crippen molar-refractivity contribution in [2.75, 3.05) is 0 Å². The van der Waals surface area contributed by atoms with Crippen LogP contribution in [0.3, 0.4) is 0 Å². The lowest BCUT2D eigenvalue weighted by Crippen LogP contribution is -2.05. The summed E-state index contributed by atoms with van der Waals surface area (Å²) in [5, 5.41) is 0. The Kier molecular flexibility index (Phi) is 3.94. The molecule has 0 aliphatic heterocycles. The Labute approximate surface area is 107 Å². The maximum absolute atomic E-state index is 12.4. The summed E-state index contributed by atoms with van der Waals surface area (Å²) < 4.78 is 38.9. The molecule has 0 radical (unpaired) electrons. The molecule has 0 aromatic carbocycles. The minimum atomic E-state index is -4.34. The van der Waals surface area contributed by atoms with Crippen molar-refractivity contribution < 1.29 is 13.2 Å². The topological polar surface area (TPSA) is 17.3 Å². The van der Waals surface area contributed by atoms with Crippen LogP contribution in [0.15, 0.2) is 18.3 Å². The van der Waals surface area contributed by atoms with Gasteiger partial charge in [-0.05, 0) is 19.1 Å². The lowest BCUT2D eigenvalue weighted by Gasteiger charge is -2.06. The molecule has 0 unspecified atom stereocenters. The number of rotatable bonds is 1. The molecule has 0 N–H and O–H groups in total. The fourth-order valence-corrected chi connectivity index (χ4v) is 1.87. The van der Waals surface area contributed by atoms with Crippen LogP contribution in [0, 0.1) is 6.92 Å². The van der Waals surface area contributed by atoms with E-state index in [1.807, 2.05) is 0 Å². The Morgan fingerprint density at radius 2 is 2.06 bits per heavy atom. The number of hydrogen-bond donors (Lipinski definition) is 0. The van der Waals surface area contributed by atoms with Gasteiger partial charge in [-0.3, -0.25) is 0 Å². The first kappa shape index (κ1) is 14.1. The lowest BCUT2D eigenvalue weighted by molar-refractivity contribution is -0.137. The second kappa shape index (κ2) is 4.74. The summed E-state index contributed by atoms with van der Waals surface area (Å²) >= 11 is 5.70. The summed E-state index contributed by atoms with van der Waals surface area (Å²) in [6, 6.07) is 2.03. The Hall–Kier alpha value is -0.940. The standard InChI is InChI=1S/C10H8ClF3N2.ClH/c1-6-8(5-11)16-3-2-7(10(12,13)14)4-9(16)15-6;/h2-4H,5H2,1H3;1H. The van der Waals surface area contributed by atoms with E-state index in [2.05, 4.69) is 4.98 Å². The number of halogens is 5. The van der Waals surface area contributed by atoms with Crippen LogP contribution in [-0.4, -0.2) is 9.38 Å². The van der Waals surface area contributed by atoms with E-state index in [0.29, 0.717) is 11.4 Å². The molecule has 0 atom stereocenters. The van der Waals surface area contributed by atoms with E-state index in [-0.39, 0.29) is 23.9 Å². The van der Waals surface area contributed by atoms with Gasteiger partial charge >= 0.3 is 6.18 Å². The van der Waals surface area contributed by atoms with Gasteiger partial charge in [0, 0.05) is 6.20 Å². The maximum Gasteiger partial charge on any atom is 0.416 e. The van der Waals surface area contributed by atoms with Gasteiger partial charge in [0.05, 0.1) is 22.8 Å². The van der Waals surface area contributed by atoms with E-state index < -0.39 is 11.7 Å². The largest absolute Gasteiger partial charge is 0.416 e. The first-order chi connectivity index (χ1) is 7.43. The molecule has 2 nitrogen and oxygen atoms in total. The number of hydrogen-bond acceptors (Lipinski definition) is 1. The molecule has 2 heterocycles. The molecule has 2 aromatic rings. The smallest absolute Gasteiger partial charge is 0.303 e. The Morgan fingerprint density at radius 1 is 1.41 bits per heavy atom. The van der Waals surface area contributed by atoms with Crippen LogP contribution >= 0.6 is 24.0 Å². The second-order valence-corrected chi connectivity index (χ2v) is 3.69. The predicted octanol–water partition coefficient (Wildman–Crippen LogP) is 3.82. The van der Waals surface area contributed by atoms with Crippen molar-refractivity contribution in [3.05, 3.63) is 35.3 Å². The minimum absolute atomic E-state index is 0. The minimum Gasteiger partial charge on any atom is -0.303 e. The van der Waals surface area contributed by atoms with E-state index in [1.54, 1.807) is 11.3 Å². The fraction of sp³-hybridized carbons (Fsp3) is 0.300. The third-order valence-electron chi connectivity index (χ3n) is 2.38. The summed E-state index contributed by atoms with van der Waals surface area (Å²) in [6.07, 6.45) is -3.00. The molecule has 0 aliphatic carbocycles. The molecular weight excluding hydrogens is 276 g/mol. The maximum atomic E-state index is 12.4. The lowest BCUT2D eigenvalue weighted by atomic mass is 10.2. The molecule has 7 heteroatoms. The average molecular weight is 285 g/mol. The normalized spacial score (nSPS) is 11.6. The molecule has 0 bridgehead atoms. The third-order valence-corrected chi connectivity index (χ3v) is 2.63. The summed E-state index contributed by atoms with van der Waals surface area (Å²) in [4.78, 5) is 4.04. The first-order valence-electron chi connectivity index (χ1n) is 4.54. The van der Waals surface area contributed by atoms with Gasteiger partial charge in [0.2, 0.25) is 0 Å². The molecule has 0 fully saturated rings. The summed E-state index contributed by atoms with van der Waals surface area (Å²) in [5.74, 6) is 0.221. The highest BCUT2D eigenvalue weighted by Gasteiger charge is 2.31. The van der Waals surface area contributed by atoms with Crippen LogP contribution in [0.2, 0.25) is 0 Å². The van der Waals surface area contributed by atoms with Crippen molar-refractivity contribution >= 4 is 29.7 Å². The van der Waals surface area contributed by atoms with Gasteiger partial charge < -0.3 is 4.40 Å². The van der Waals surface area contributed by atoms with Crippen LogP contribution in [-0.2, 0) is 12.1 Å². The predicted molar refractivity (Wildman–Crippen MR) is 61.7 cm³/mol. The molecule has 0 spiro atoms. The van der Waals surface area contributed by atoms with Crippen molar-refractivity contribution in [1.29, 1.82) is 0 Å². The number of alkyl halides is 4. The zero-order chi connectivity index (χ0) is 11.9. The zero-order valence-corrected chi connectivity index (χ0v) is 10.3. The molecule has 17 heavy (non-hydrogen) atoms. The highest BCUT2D eigenvalue weighted by Crippen LogP contribution is 2.30. The molecule has 2 rings (SSSR count). The van der Waals surface area contributed by atoms with Crippen molar-refractivity contribution in [3.8, 4) is 0 Å². The van der Waals surface area contributed by atoms with Gasteiger partial charge in [-0.15, -0.1) is 24.0 Å². The average Bonchev–Trinajstić information content (AvgIpc) is 2.50. The van der Waals surface area contributed by atoms with E-state index in [0.717, 1.165) is 12.1 Å². The van der Waals surface area contributed by atoms with Gasteiger partial charge in [-0.2, -0.15) is 13.2 Å². The number of aromatic nitrogens is 2. The molecule has 2 aromatic heterocycles. The molecule has 0 amide bonds. The summed E-state index contributed by atoms with van der Waals surface area (Å²) in [6.45, 7) is 1.72. The van der Waals surface area contributed by atoms with Gasteiger partial charge in [0.25, 0.3) is 0 Å². The van der Waals surface area contributed by atoms with E-state index in [1.165, 1.54) is 6.20 Å². The van der Waals surface area contributed by atoms with Gasteiger partial charge in [-0.25, -0.2) is 4.98 Å². The van der Waals surface area contributed by atoms with E-state index in [9.17, 15) is 13.2 Å². The van der Waals surface area contributed by atoms with E-state index in [4.69, 9.17) is 11.6 Å². The second-order valence-electron chi connectivity index (χ2n) is 3.42. The number of imidazole rings is 1.